The van der Waals surface area contributed by atoms with E-state index in [1.807, 2.05) is 44.3 Å². The molecule has 1 amide bonds. The number of nitrogens with zero attached hydrogens (tertiary/aromatic N) is 2. The molecule has 1 N–H and O–H groups in total. The molecule has 0 aliphatic heterocycles. The highest BCUT2D eigenvalue weighted by atomic mass is 16.2. The fourth-order valence-electron chi connectivity index (χ4n) is 2.21. The largest absolute Gasteiger partial charge is 0.320 e. The van der Waals surface area contributed by atoms with E-state index in [-0.39, 0.29) is 11.5 Å². The van der Waals surface area contributed by atoms with Gasteiger partial charge in [-0.05, 0) is 18.6 Å². The first kappa shape index (κ1) is 13.1. The van der Waals surface area contributed by atoms with Crippen molar-refractivity contribution in [2.45, 2.75) is 20.3 Å². The SMILES string of the molecule is CCc1c(NC(C)=O)c(=O)n(-c2ccccc2)n1C. The Morgan fingerprint density at radius 2 is 1.89 bits per heavy atom. The third-order valence-corrected chi connectivity index (χ3v) is 3.02. The number of carbonyl (C=O) groups excluding carboxylic acids is 1. The van der Waals surface area contributed by atoms with Crippen molar-refractivity contribution in [3.8, 4) is 5.69 Å². The van der Waals surface area contributed by atoms with Crippen LogP contribution in [-0.2, 0) is 18.3 Å². The number of benzene rings is 1. The number of nitrogens with one attached hydrogen (secondary N) is 1. The zero-order valence-corrected chi connectivity index (χ0v) is 11.3. The van der Waals surface area contributed by atoms with Crippen LogP contribution in [0.3, 0.4) is 0 Å². The molecule has 19 heavy (non-hydrogen) atoms. The van der Waals surface area contributed by atoms with Crippen LogP contribution in [0.2, 0.25) is 0 Å². The van der Waals surface area contributed by atoms with Crippen LogP contribution in [0.5, 0.6) is 0 Å². The van der Waals surface area contributed by atoms with E-state index in [0.717, 1.165) is 11.4 Å². The van der Waals surface area contributed by atoms with Crippen molar-refractivity contribution in [2.24, 2.45) is 7.05 Å². The Morgan fingerprint density at radius 1 is 1.26 bits per heavy atom. The van der Waals surface area contributed by atoms with Crippen LogP contribution < -0.4 is 10.9 Å². The molecule has 5 nitrogen and oxygen atoms in total. The first-order chi connectivity index (χ1) is 9.06. The molecule has 1 aromatic heterocycles. The minimum Gasteiger partial charge on any atom is -0.320 e. The van der Waals surface area contributed by atoms with Gasteiger partial charge in [0, 0.05) is 14.0 Å². The Hall–Kier alpha value is -2.30. The summed E-state index contributed by atoms with van der Waals surface area (Å²) in [5.41, 5.74) is 1.74. The number of carbonyl (C=O) groups is 1. The number of para-hydroxylation sites is 1. The first-order valence-corrected chi connectivity index (χ1v) is 6.20. The number of rotatable bonds is 3. The molecule has 0 spiro atoms. The standard InChI is InChI=1S/C14H17N3O2/c1-4-12-13(15-10(2)18)14(19)17(16(12)3)11-8-6-5-7-9-11/h5-9H,4H2,1-3H3,(H,15,18). The second-order valence-electron chi connectivity index (χ2n) is 4.33. The first-order valence-electron chi connectivity index (χ1n) is 6.20. The molecule has 0 aliphatic carbocycles. The van der Waals surface area contributed by atoms with E-state index in [2.05, 4.69) is 5.32 Å². The molecular formula is C14H17N3O2. The molecule has 0 fully saturated rings. The highest BCUT2D eigenvalue weighted by molar-refractivity contribution is 5.89. The molecule has 1 heterocycles. The molecular weight excluding hydrogens is 242 g/mol. The van der Waals surface area contributed by atoms with Crippen molar-refractivity contribution < 1.29 is 4.79 Å². The topological polar surface area (TPSA) is 56.0 Å². The summed E-state index contributed by atoms with van der Waals surface area (Å²) in [6, 6.07) is 9.36. The minimum atomic E-state index is -0.238. The van der Waals surface area contributed by atoms with Gasteiger partial charge in [-0.15, -0.1) is 0 Å². The maximum absolute atomic E-state index is 12.4. The van der Waals surface area contributed by atoms with Gasteiger partial charge in [-0.1, -0.05) is 25.1 Å². The van der Waals surface area contributed by atoms with E-state index >= 15 is 0 Å². The van der Waals surface area contributed by atoms with Crippen LogP contribution >= 0.6 is 0 Å². The molecule has 5 heteroatoms. The van der Waals surface area contributed by atoms with Gasteiger partial charge in [0.25, 0.3) is 5.56 Å². The molecule has 0 saturated heterocycles. The lowest BCUT2D eigenvalue weighted by atomic mass is 10.3. The molecule has 100 valence electrons. The normalized spacial score (nSPS) is 10.5. The number of anilines is 1. The zero-order chi connectivity index (χ0) is 14.0. The van der Waals surface area contributed by atoms with Gasteiger partial charge >= 0.3 is 0 Å². The summed E-state index contributed by atoms with van der Waals surface area (Å²) < 4.78 is 3.34. The van der Waals surface area contributed by atoms with Crippen molar-refractivity contribution in [3.05, 3.63) is 46.4 Å². The maximum Gasteiger partial charge on any atom is 0.295 e. The second kappa shape index (κ2) is 5.14. The quantitative estimate of drug-likeness (QED) is 0.912. The Labute approximate surface area is 111 Å². The van der Waals surface area contributed by atoms with Crippen LogP contribution in [0, 0.1) is 0 Å². The summed E-state index contributed by atoms with van der Waals surface area (Å²) in [6.45, 7) is 3.36. The van der Waals surface area contributed by atoms with Gasteiger partial charge in [0.15, 0.2) is 0 Å². The highest BCUT2D eigenvalue weighted by Gasteiger charge is 2.18. The average Bonchev–Trinajstić information content (AvgIpc) is 2.61. The minimum absolute atomic E-state index is 0.208. The molecule has 0 saturated carbocycles. The summed E-state index contributed by atoms with van der Waals surface area (Å²) in [6.07, 6.45) is 0.668. The van der Waals surface area contributed by atoms with E-state index in [1.54, 1.807) is 9.36 Å². The number of hydrogen-bond donors (Lipinski definition) is 1. The lowest BCUT2D eigenvalue weighted by molar-refractivity contribution is -0.114. The van der Waals surface area contributed by atoms with E-state index < -0.39 is 0 Å². The third kappa shape index (κ3) is 2.31. The molecule has 0 aliphatic rings. The van der Waals surface area contributed by atoms with Gasteiger partial charge in [0.05, 0.1) is 11.4 Å². The molecule has 0 bridgehead atoms. The molecule has 2 aromatic rings. The Balaban J connectivity index is 2.67. The molecule has 0 atom stereocenters. The second-order valence-corrected chi connectivity index (χ2v) is 4.33. The van der Waals surface area contributed by atoms with Crippen molar-refractivity contribution in [1.82, 2.24) is 9.36 Å². The van der Waals surface area contributed by atoms with Gasteiger partial charge in [0.2, 0.25) is 5.91 Å². The Bertz CT molecular complexity index is 653. The average molecular weight is 259 g/mol. The van der Waals surface area contributed by atoms with Crippen molar-refractivity contribution in [3.63, 3.8) is 0 Å². The summed E-state index contributed by atoms with van der Waals surface area (Å²) in [5, 5.41) is 2.63. The molecule has 1 aromatic carbocycles. The molecule has 0 unspecified atom stereocenters. The smallest absolute Gasteiger partial charge is 0.295 e. The van der Waals surface area contributed by atoms with E-state index in [4.69, 9.17) is 0 Å². The fraction of sp³-hybridized carbons (Fsp3) is 0.286. The van der Waals surface area contributed by atoms with Crippen molar-refractivity contribution >= 4 is 11.6 Å². The summed E-state index contributed by atoms with van der Waals surface area (Å²) >= 11 is 0. The summed E-state index contributed by atoms with van der Waals surface area (Å²) in [7, 11) is 1.82. The Morgan fingerprint density at radius 3 is 2.42 bits per heavy atom. The third-order valence-electron chi connectivity index (χ3n) is 3.02. The lowest BCUT2D eigenvalue weighted by Crippen LogP contribution is -2.21. The number of aromatic nitrogens is 2. The van der Waals surface area contributed by atoms with Crippen LogP contribution in [0.4, 0.5) is 5.69 Å². The monoisotopic (exact) mass is 259 g/mol. The number of hydrogen-bond acceptors (Lipinski definition) is 2. The van der Waals surface area contributed by atoms with Gasteiger partial charge in [0.1, 0.15) is 5.69 Å². The van der Waals surface area contributed by atoms with Crippen molar-refractivity contribution in [2.75, 3.05) is 5.32 Å². The molecule has 2 rings (SSSR count). The predicted molar refractivity (Wildman–Crippen MR) is 74.7 cm³/mol. The summed E-state index contributed by atoms with van der Waals surface area (Å²) in [5.74, 6) is -0.238. The van der Waals surface area contributed by atoms with Crippen LogP contribution in [0.15, 0.2) is 35.1 Å². The van der Waals surface area contributed by atoms with E-state index in [1.165, 1.54) is 6.92 Å². The maximum atomic E-state index is 12.4. The van der Waals surface area contributed by atoms with Gasteiger partial charge in [-0.2, -0.15) is 0 Å². The summed E-state index contributed by atoms with van der Waals surface area (Å²) in [4.78, 5) is 23.7. The molecule has 0 radical (unpaired) electrons. The number of amides is 1. The Kier molecular flexibility index (Phi) is 3.55. The van der Waals surface area contributed by atoms with Gasteiger partial charge in [-0.25, -0.2) is 4.68 Å². The predicted octanol–water partition coefficient (Wildman–Crippen LogP) is 1.70. The van der Waals surface area contributed by atoms with E-state index in [0.29, 0.717) is 12.1 Å². The lowest BCUT2D eigenvalue weighted by Gasteiger charge is -2.08. The van der Waals surface area contributed by atoms with Crippen LogP contribution in [0.1, 0.15) is 19.5 Å². The zero-order valence-electron chi connectivity index (χ0n) is 11.3. The van der Waals surface area contributed by atoms with E-state index in [9.17, 15) is 9.59 Å². The highest BCUT2D eigenvalue weighted by Crippen LogP contribution is 2.15. The van der Waals surface area contributed by atoms with Gasteiger partial charge in [-0.3, -0.25) is 14.3 Å². The van der Waals surface area contributed by atoms with Gasteiger partial charge < -0.3 is 5.32 Å². The van der Waals surface area contributed by atoms with Crippen LogP contribution in [-0.4, -0.2) is 15.3 Å². The van der Waals surface area contributed by atoms with Crippen molar-refractivity contribution in [1.29, 1.82) is 0 Å². The fourth-order valence-corrected chi connectivity index (χ4v) is 2.21. The van der Waals surface area contributed by atoms with Crippen LogP contribution in [0.25, 0.3) is 5.69 Å².